The number of nitrogens with one attached hydrogen (secondary N) is 2. The third-order valence-corrected chi connectivity index (χ3v) is 5.07. The van der Waals surface area contributed by atoms with Crippen LogP contribution in [0, 0.1) is 13.8 Å². The molecule has 2 aromatic carbocycles. The Morgan fingerprint density at radius 1 is 0.931 bits per heavy atom. The van der Waals surface area contributed by atoms with E-state index in [0.717, 1.165) is 30.6 Å². The molecule has 2 aromatic rings. The van der Waals surface area contributed by atoms with Crippen molar-refractivity contribution < 1.29 is 9.59 Å². The first-order valence-electron chi connectivity index (χ1n) is 10.3. The Hall–Kier alpha value is -2.66. The summed E-state index contributed by atoms with van der Waals surface area (Å²) in [6.07, 6.45) is 0.873. The Labute approximate surface area is 174 Å². The summed E-state index contributed by atoms with van der Waals surface area (Å²) >= 11 is 0. The molecule has 0 saturated carbocycles. The van der Waals surface area contributed by atoms with Crippen LogP contribution in [-0.4, -0.2) is 48.9 Å². The van der Waals surface area contributed by atoms with E-state index in [1.165, 1.54) is 5.56 Å². The van der Waals surface area contributed by atoms with Crippen molar-refractivity contribution in [3.8, 4) is 0 Å². The second-order valence-electron chi connectivity index (χ2n) is 7.43. The minimum Gasteiger partial charge on any atom is -0.353 e. The lowest BCUT2D eigenvalue weighted by atomic mass is 10.0. The molecular formula is C24H33N3O2. The van der Waals surface area contributed by atoms with Gasteiger partial charge in [0, 0.05) is 18.2 Å². The number of hydrogen-bond acceptors (Lipinski definition) is 3. The van der Waals surface area contributed by atoms with Crippen LogP contribution in [0.4, 0.5) is 0 Å². The molecule has 0 aliphatic carbocycles. The van der Waals surface area contributed by atoms with Gasteiger partial charge in [0.05, 0.1) is 6.54 Å². The number of aryl methyl sites for hydroxylation is 2. The van der Waals surface area contributed by atoms with Gasteiger partial charge in [-0.2, -0.15) is 0 Å². The van der Waals surface area contributed by atoms with Gasteiger partial charge in [0.25, 0.3) is 5.91 Å². The van der Waals surface area contributed by atoms with Crippen molar-refractivity contribution >= 4 is 11.8 Å². The molecule has 2 N–H and O–H groups in total. The summed E-state index contributed by atoms with van der Waals surface area (Å²) in [7, 11) is 0. The van der Waals surface area contributed by atoms with Crippen LogP contribution in [0.5, 0.6) is 0 Å². The zero-order chi connectivity index (χ0) is 21.2. The summed E-state index contributed by atoms with van der Waals surface area (Å²) in [5.74, 6) is -0.399. The lowest BCUT2D eigenvalue weighted by Gasteiger charge is -2.30. The molecule has 0 aromatic heterocycles. The lowest BCUT2D eigenvalue weighted by molar-refractivity contribution is -0.120. The van der Waals surface area contributed by atoms with E-state index in [0.29, 0.717) is 12.1 Å². The van der Waals surface area contributed by atoms with E-state index in [2.05, 4.69) is 41.5 Å². The maximum atomic E-state index is 12.3. The molecule has 0 fully saturated rings. The van der Waals surface area contributed by atoms with Gasteiger partial charge in [-0.3, -0.25) is 14.5 Å². The Morgan fingerprint density at radius 2 is 1.55 bits per heavy atom. The van der Waals surface area contributed by atoms with E-state index in [1.54, 1.807) is 0 Å². The molecule has 1 atom stereocenters. The molecule has 0 heterocycles. The Morgan fingerprint density at radius 3 is 2.14 bits per heavy atom. The lowest BCUT2D eigenvalue weighted by Crippen LogP contribution is -2.47. The fourth-order valence-corrected chi connectivity index (χ4v) is 3.62. The number of likely N-dealkylation sites (N-methyl/N-ethyl adjacent to an activating group) is 1. The van der Waals surface area contributed by atoms with Gasteiger partial charge in [0.1, 0.15) is 0 Å². The minimum atomic E-state index is -0.225. The quantitative estimate of drug-likeness (QED) is 0.650. The largest absolute Gasteiger partial charge is 0.353 e. The normalized spacial score (nSPS) is 11.9. The van der Waals surface area contributed by atoms with Crippen LogP contribution >= 0.6 is 0 Å². The molecular weight excluding hydrogens is 362 g/mol. The van der Waals surface area contributed by atoms with E-state index in [1.807, 2.05) is 50.2 Å². The van der Waals surface area contributed by atoms with Gasteiger partial charge in [0.2, 0.25) is 5.91 Å². The summed E-state index contributed by atoms with van der Waals surface area (Å²) in [6.45, 7) is 10.5. The summed E-state index contributed by atoms with van der Waals surface area (Å²) in [6, 6.07) is 16.2. The summed E-state index contributed by atoms with van der Waals surface area (Å²) < 4.78 is 0. The van der Waals surface area contributed by atoms with Crippen molar-refractivity contribution in [1.82, 2.24) is 15.5 Å². The van der Waals surface area contributed by atoms with Gasteiger partial charge >= 0.3 is 0 Å². The highest BCUT2D eigenvalue weighted by Crippen LogP contribution is 2.10. The molecule has 2 rings (SSSR count). The van der Waals surface area contributed by atoms with Crippen molar-refractivity contribution in [3.63, 3.8) is 0 Å². The highest BCUT2D eigenvalue weighted by Gasteiger charge is 2.17. The number of benzene rings is 2. The van der Waals surface area contributed by atoms with E-state index in [4.69, 9.17) is 0 Å². The fraction of sp³-hybridized carbons (Fsp3) is 0.417. The highest BCUT2D eigenvalue weighted by molar-refractivity contribution is 5.96. The van der Waals surface area contributed by atoms with Crippen LogP contribution in [0.15, 0.2) is 48.5 Å². The van der Waals surface area contributed by atoms with Crippen molar-refractivity contribution in [1.29, 1.82) is 0 Å². The third-order valence-electron chi connectivity index (χ3n) is 5.07. The van der Waals surface area contributed by atoms with Gasteiger partial charge in [0.15, 0.2) is 0 Å². The van der Waals surface area contributed by atoms with E-state index >= 15 is 0 Å². The first kappa shape index (κ1) is 22.6. The zero-order valence-electron chi connectivity index (χ0n) is 18.0. The second-order valence-corrected chi connectivity index (χ2v) is 7.43. The zero-order valence-corrected chi connectivity index (χ0v) is 18.0. The van der Waals surface area contributed by atoms with E-state index < -0.39 is 0 Å². The number of carbonyl (C=O) groups is 2. The molecule has 0 saturated heterocycles. The van der Waals surface area contributed by atoms with E-state index in [9.17, 15) is 9.59 Å². The minimum absolute atomic E-state index is 0.0257. The standard InChI is InChI=1S/C24H33N3O2/c1-5-27(6-2)22(15-20-10-8-7-9-11-20)16-25-23(28)17-26-24(29)21-13-18(3)12-19(4)14-21/h7-14,22H,5-6,15-17H2,1-4H3,(H,25,28)(H,26,29). The second kappa shape index (κ2) is 11.4. The predicted molar refractivity (Wildman–Crippen MR) is 118 cm³/mol. The number of rotatable bonds is 10. The van der Waals surface area contributed by atoms with Gasteiger partial charge in [-0.1, -0.05) is 61.4 Å². The molecule has 2 amide bonds. The van der Waals surface area contributed by atoms with Crippen molar-refractivity contribution in [2.24, 2.45) is 0 Å². The average molecular weight is 396 g/mol. The Kier molecular flexibility index (Phi) is 8.87. The first-order chi connectivity index (χ1) is 13.9. The number of carbonyl (C=O) groups excluding carboxylic acids is 2. The molecule has 0 spiro atoms. The van der Waals surface area contributed by atoms with Crippen LogP contribution in [0.2, 0.25) is 0 Å². The van der Waals surface area contributed by atoms with Gasteiger partial charge < -0.3 is 10.6 Å². The molecule has 0 bridgehead atoms. The monoisotopic (exact) mass is 395 g/mol. The maximum Gasteiger partial charge on any atom is 0.251 e. The molecule has 0 aliphatic rings. The highest BCUT2D eigenvalue weighted by atomic mass is 16.2. The number of hydrogen-bond donors (Lipinski definition) is 2. The first-order valence-corrected chi connectivity index (χ1v) is 10.3. The van der Waals surface area contributed by atoms with Crippen LogP contribution in [0.25, 0.3) is 0 Å². The van der Waals surface area contributed by atoms with Crippen molar-refractivity contribution in [3.05, 3.63) is 70.8 Å². The average Bonchev–Trinajstić information content (AvgIpc) is 2.71. The van der Waals surface area contributed by atoms with Crippen LogP contribution < -0.4 is 10.6 Å². The molecule has 29 heavy (non-hydrogen) atoms. The molecule has 0 radical (unpaired) electrons. The summed E-state index contributed by atoms with van der Waals surface area (Å²) in [5.41, 5.74) is 3.90. The van der Waals surface area contributed by atoms with Crippen LogP contribution in [0.1, 0.15) is 40.9 Å². The number of nitrogens with zero attached hydrogens (tertiary/aromatic N) is 1. The topological polar surface area (TPSA) is 61.4 Å². The molecule has 5 nitrogen and oxygen atoms in total. The third kappa shape index (κ3) is 7.35. The van der Waals surface area contributed by atoms with Gasteiger partial charge in [-0.15, -0.1) is 0 Å². The Bertz CT molecular complexity index is 781. The number of amides is 2. The smallest absolute Gasteiger partial charge is 0.251 e. The molecule has 156 valence electrons. The summed E-state index contributed by atoms with van der Waals surface area (Å²) in [5, 5.41) is 5.71. The van der Waals surface area contributed by atoms with Crippen molar-refractivity contribution in [2.45, 2.75) is 40.2 Å². The predicted octanol–water partition coefficient (Wildman–Crippen LogP) is 3.10. The fourth-order valence-electron chi connectivity index (χ4n) is 3.62. The SMILES string of the molecule is CCN(CC)C(CNC(=O)CNC(=O)c1cc(C)cc(C)c1)Cc1ccccc1. The van der Waals surface area contributed by atoms with E-state index in [-0.39, 0.29) is 24.4 Å². The van der Waals surface area contributed by atoms with Crippen LogP contribution in [-0.2, 0) is 11.2 Å². The molecule has 1 unspecified atom stereocenters. The molecule has 0 aliphatic heterocycles. The molecule has 5 heteroatoms. The maximum absolute atomic E-state index is 12.3. The summed E-state index contributed by atoms with van der Waals surface area (Å²) in [4.78, 5) is 27.0. The Balaban J connectivity index is 1.89. The van der Waals surface area contributed by atoms with Gasteiger partial charge in [-0.05, 0) is 51.1 Å². The van der Waals surface area contributed by atoms with Gasteiger partial charge in [-0.25, -0.2) is 0 Å². The van der Waals surface area contributed by atoms with Crippen LogP contribution in [0.3, 0.4) is 0 Å². The van der Waals surface area contributed by atoms with Crippen molar-refractivity contribution in [2.75, 3.05) is 26.2 Å².